The summed E-state index contributed by atoms with van der Waals surface area (Å²) in [4.78, 5) is 10.6. The van der Waals surface area contributed by atoms with E-state index in [4.69, 9.17) is 11.6 Å². The number of nitrogens with zero attached hydrogens (tertiary/aromatic N) is 1. The first kappa shape index (κ1) is 14.0. The molecule has 0 radical (unpaired) electrons. The van der Waals surface area contributed by atoms with Gasteiger partial charge >= 0.3 is 0 Å². The number of benzene rings is 1. The van der Waals surface area contributed by atoms with E-state index in [0.717, 1.165) is 5.56 Å². The third-order valence-electron chi connectivity index (χ3n) is 2.77. The molecule has 0 aliphatic rings. The molecule has 1 unspecified atom stereocenters. The van der Waals surface area contributed by atoms with Crippen LogP contribution < -0.4 is 0 Å². The molecule has 0 amide bonds. The molecule has 0 aliphatic carbocycles. The first-order valence-electron chi connectivity index (χ1n) is 5.60. The maximum Gasteiger partial charge on any atom is 0.272 e. The molecule has 1 atom stereocenters. The predicted octanol–water partition coefficient (Wildman–Crippen LogP) is 4.10. The zero-order valence-electron chi connectivity index (χ0n) is 10.7. The second kappa shape index (κ2) is 5.05. The average Bonchev–Trinajstić information content (AvgIpc) is 2.15. The van der Waals surface area contributed by atoms with Crippen molar-refractivity contribution >= 4 is 17.3 Å². The van der Waals surface area contributed by atoms with Gasteiger partial charge in [-0.15, -0.1) is 11.6 Å². The quantitative estimate of drug-likeness (QED) is 0.464. The van der Waals surface area contributed by atoms with Crippen LogP contribution in [0.15, 0.2) is 18.2 Å². The minimum Gasteiger partial charge on any atom is -0.258 e. The molecule has 0 saturated heterocycles. The molecule has 0 fully saturated rings. The SMILES string of the molecule is Cc1ccc([N+](=O)[O-])c(CC(Cl)C(C)(C)C)c1. The first-order chi connectivity index (χ1) is 7.71. The molecule has 0 aliphatic heterocycles. The Kier molecular flexibility index (Phi) is 4.15. The molecule has 0 bridgehead atoms. The number of rotatable bonds is 3. The lowest BCUT2D eigenvalue weighted by atomic mass is 9.87. The third-order valence-corrected chi connectivity index (χ3v) is 3.58. The van der Waals surface area contributed by atoms with E-state index < -0.39 is 0 Å². The van der Waals surface area contributed by atoms with E-state index in [1.165, 1.54) is 0 Å². The molecule has 0 spiro atoms. The van der Waals surface area contributed by atoms with E-state index in [2.05, 4.69) is 0 Å². The molecule has 0 heterocycles. The molecule has 4 heteroatoms. The average molecular weight is 256 g/mol. The number of halogens is 1. The van der Waals surface area contributed by atoms with E-state index in [0.29, 0.717) is 12.0 Å². The van der Waals surface area contributed by atoms with E-state index >= 15 is 0 Å². The van der Waals surface area contributed by atoms with E-state index in [-0.39, 0.29) is 21.4 Å². The summed E-state index contributed by atoms with van der Waals surface area (Å²) >= 11 is 6.30. The lowest BCUT2D eigenvalue weighted by molar-refractivity contribution is -0.385. The highest BCUT2D eigenvalue weighted by atomic mass is 35.5. The number of hydrogen-bond donors (Lipinski definition) is 0. The van der Waals surface area contributed by atoms with Crippen molar-refractivity contribution < 1.29 is 4.92 Å². The van der Waals surface area contributed by atoms with Gasteiger partial charge in [0.1, 0.15) is 0 Å². The Bertz CT molecular complexity index is 424. The summed E-state index contributed by atoms with van der Waals surface area (Å²) in [6.07, 6.45) is 0.517. The predicted molar refractivity (Wildman–Crippen MR) is 70.6 cm³/mol. The van der Waals surface area contributed by atoms with Gasteiger partial charge < -0.3 is 0 Å². The van der Waals surface area contributed by atoms with Gasteiger partial charge in [-0.3, -0.25) is 10.1 Å². The van der Waals surface area contributed by atoms with Crippen LogP contribution in [0.4, 0.5) is 5.69 Å². The molecular weight excluding hydrogens is 238 g/mol. The van der Waals surface area contributed by atoms with Gasteiger partial charge in [-0.05, 0) is 24.8 Å². The van der Waals surface area contributed by atoms with Crippen molar-refractivity contribution in [1.29, 1.82) is 0 Å². The number of alkyl halides is 1. The minimum atomic E-state index is -0.346. The lowest BCUT2D eigenvalue weighted by Crippen LogP contribution is -2.23. The van der Waals surface area contributed by atoms with Crippen molar-refractivity contribution in [2.45, 2.75) is 39.5 Å². The van der Waals surface area contributed by atoms with Gasteiger partial charge in [-0.1, -0.05) is 32.4 Å². The molecule has 17 heavy (non-hydrogen) atoms. The topological polar surface area (TPSA) is 43.1 Å². The van der Waals surface area contributed by atoms with Crippen molar-refractivity contribution in [2.75, 3.05) is 0 Å². The van der Waals surface area contributed by atoms with Crippen molar-refractivity contribution in [2.24, 2.45) is 5.41 Å². The maximum absolute atomic E-state index is 10.9. The number of aryl methyl sites for hydroxylation is 1. The summed E-state index contributed by atoms with van der Waals surface area (Å²) in [5.74, 6) is 0. The third kappa shape index (κ3) is 3.70. The fourth-order valence-corrected chi connectivity index (χ4v) is 1.72. The van der Waals surface area contributed by atoms with Crippen LogP contribution >= 0.6 is 11.6 Å². The fraction of sp³-hybridized carbons (Fsp3) is 0.538. The Hall–Kier alpha value is -1.09. The van der Waals surface area contributed by atoms with Crippen LogP contribution in [0.5, 0.6) is 0 Å². The Morgan fingerprint density at radius 1 is 1.41 bits per heavy atom. The smallest absolute Gasteiger partial charge is 0.258 e. The molecule has 0 aromatic heterocycles. The van der Waals surface area contributed by atoms with Crippen molar-refractivity contribution in [3.05, 3.63) is 39.4 Å². The van der Waals surface area contributed by atoms with E-state index in [9.17, 15) is 10.1 Å². The van der Waals surface area contributed by atoms with Crippen LogP contribution in [0.2, 0.25) is 0 Å². The largest absolute Gasteiger partial charge is 0.272 e. The summed E-state index contributed by atoms with van der Waals surface area (Å²) in [6, 6.07) is 5.15. The second-order valence-electron chi connectivity index (χ2n) is 5.43. The number of nitro benzene ring substituents is 1. The van der Waals surface area contributed by atoms with E-state index in [1.54, 1.807) is 12.1 Å². The molecule has 0 saturated carbocycles. The molecule has 1 aromatic rings. The van der Waals surface area contributed by atoms with Crippen LogP contribution in [-0.2, 0) is 6.42 Å². The van der Waals surface area contributed by atoms with Crippen molar-refractivity contribution in [3.8, 4) is 0 Å². The van der Waals surface area contributed by atoms with Crippen LogP contribution in [0.25, 0.3) is 0 Å². The van der Waals surface area contributed by atoms with Gasteiger partial charge in [0.2, 0.25) is 0 Å². The summed E-state index contributed by atoms with van der Waals surface area (Å²) < 4.78 is 0. The minimum absolute atomic E-state index is 0.0703. The molecule has 3 nitrogen and oxygen atoms in total. The summed E-state index contributed by atoms with van der Waals surface area (Å²) in [6.45, 7) is 8.03. The van der Waals surface area contributed by atoms with Gasteiger partial charge in [-0.25, -0.2) is 0 Å². The number of hydrogen-bond acceptors (Lipinski definition) is 2. The monoisotopic (exact) mass is 255 g/mol. The van der Waals surface area contributed by atoms with Crippen LogP contribution in [0, 0.1) is 22.5 Å². The fourth-order valence-electron chi connectivity index (χ4n) is 1.56. The standard InChI is InChI=1S/C13H18ClNO2/c1-9-5-6-11(15(16)17)10(7-9)8-12(14)13(2,3)4/h5-7,12H,8H2,1-4H3. The number of nitro groups is 1. The summed E-state index contributed by atoms with van der Waals surface area (Å²) in [5, 5.41) is 10.8. The molecule has 1 rings (SSSR count). The highest BCUT2D eigenvalue weighted by molar-refractivity contribution is 6.21. The Labute approximate surface area is 107 Å². The Morgan fingerprint density at radius 3 is 2.47 bits per heavy atom. The van der Waals surface area contributed by atoms with Gasteiger partial charge in [-0.2, -0.15) is 0 Å². The summed E-state index contributed by atoms with van der Waals surface area (Å²) in [5.41, 5.74) is 1.82. The molecule has 1 aromatic carbocycles. The van der Waals surface area contributed by atoms with Crippen molar-refractivity contribution in [3.63, 3.8) is 0 Å². The van der Waals surface area contributed by atoms with Crippen molar-refractivity contribution in [1.82, 2.24) is 0 Å². The Balaban J connectivity index is 3.04. The maximum atomic E-state index is 10.9. The second-order valence-corrected chi connectivity index (χ2v) is 5.95. The van der Waals surface area contributed by atoms with Crippen LogP contribution in [0.1, 0.15) is 31.9 Å². The van der Waals surface area contributed by atoms with Gasteiger partial charge in [0.25, 0.3) is 5.69 Å². The van der Waals surface area contributed by atoms with Crippen LogP contribution in [-0.4, -0.2) is 10.3 Å². The van der Waals surface area contributed by atoms with Gasteiger partial charge in [0.15, 0.2) is 0 Å². The lowest BCUT2D eigenvalue weighted by Gasteiger charge is -2.25. The Morgan fingerprint density at radius 2 is 2.00 bits per heavy atom. The molecule has 0 N–H and O–H groups in total. The van der Waals surface area contributed by atoms with Gasteiger partial charge in [0.05, 0.1) is 4.92 Å². The highest BCUT2D eigenvalue weighted by Gasteiger charge is 2.25. The normalized spacial score (nSPS) is 13.5. The zero-order valence-corrected chi connectivity index (χ0v) is 11.4. The zero-order chi connectivity index (χ0) is 13.2. The molecular formula is C13H18ClNO2. The first-order valence-corrected chi connectivity index (χ1v) is 6.03. The van der Waals surface area contributed by atoms with Crippen LogP contribution in [0.3, 0.4) is 0 Å². The highest BCUT2D eigenvalue weighted by Crippen LogP contribution is 2.30. The van der Waals surface area contributed by atoms with Gasteiger partial charge in [0, 0.05) is 17.0 Å². The van der Waals surface area contributed by atoms with E-state index in [1.807, 2.05) is 33.8 Å². The summed E-state index contributed by atoms with van der Waals surface area (Å²) in [7, 11) is 0. The molecule has 94 valence electrons.